The Morgan fingerprint density at radius 2 is 0.441 bits per heavy atom. The van der Waals surface area contributed by atoms with Crippen molar-refractivity contribution in [2.75, 3.05) is 27.2 Å². The van der Waals surface area contributed by atoms with E-state index in [0.29, 0.717) is 0 Å². The molecule has 0 aromatic carbocycles. The lowest BCUT2D eigenvalue weighted by Gasteiger charge is -2.30. The second-order valence-corrected chi connectivity index (χ2v) is 12.2. The van der Waals surface area contributed by atoms with Crippen LogP contribution >= 0.6 is 0 Å². The fraction of sp³-hybridized carbons (Fsp3) is 1.00. The predicted octanol–water partition coefficient (Wildman–Crippen LogP) is 11.6. The van der Waals surface area contributed by atoms with Crippen LogP contribution in [-0.2, 0) is 0 Å². The average molecular weight is 481 g/mol. The van der Waals surface area contributed by atoms with Gasteiger partial charge >= 0.3 is 0 Å². The fourth-order valence-electron chi connectivity index (χ4n) is 5.40. The van der Waals surface area contributed by atoms with E-state index in [-0.39, 0.29) is 0 Å². The lowest BCUT2D eigenvalue weighted by molar-refractivity contribution is -0.890. The van der Waals surface area contributed by atoms with Crippen LogP contribution in [0.25, 0.3) is 0 Å². The molecule has 0 spiro atoms. The fourth-order valence-corrected chi connectivity index (χ4v) is 5.40. The summed E-state index contributed by atoms with van der Waals surface area (Å²) in [5.41, 5.74) is 0. The number of unbranched alkanes of at least 4 members (excludes halogenated alkanes) is 25. The molecule has 1 heteroatoms. The van der Waals surface area contributed by atoms with Crippen LogP contribution in [0.2, 0.25) is 0 Å². The molecular weight excluding hydrogens is 410 g/mol. The van der Waals surface area contributed by atoms with Crippen LogP contribution in [-0.4, -0.2) is 31.7 Å². The van der Waals surface area contributed by atoms with Crippen LogP contribution in [0, 0.1) is 0 Å². The normalized spacial score (nSPS) is 12.0. The van der Waals surface area contributed by atoms with E-state index >= 15 is 0 Å². The van der Waals surface area contributed by atoms with Crippen molar-refractivity contribution in [2.24, 2.45) is 0 Å². The van der Waals surface area contributed by atoms with Crippen molar-refractivity contribution in [3.63, 3.8) is 0 Å². The van der Waals surface area contributed by atoms with Crippen LogP contribution in [0.3, 0.4) is 0 Å². The Kier molecular flexibility index (Phi) is 27.5. The molecule has 34 heavy (non-hydrogen) atoms. The third kappa shape index (κ3) is 28.2. The van der Waals surface area contributed by atoms with Gasteiger partial charge in [-0.1, -0.05) is 162 Å². The van der Waals surface area contributed by atoms with E-state index in [1.165, 1.54) is 191 Å². The van der Waals surface area contributed by atoms with Crippen LogP contribution in [0.4, 0.5) is 0 Å². The monoisotopic (exact) mass is 481 g/mol. The van der Waals surface area contributed by atoms with Crippen molar-refractivity contribution in [1.29, 1.82) is 0 Å². The first-order valence-corrected chi connectivity index (χ1v) is 16.4. The molecule has 0 aliphatic carbocycles. The first-order valence-electron chi connectivity index (χ1n) is 16.4. The first-order chi connectivity index (χ1) is 16.6. The van der Waals surface area contributed by atoms with Gasteiger partial charge in [0.2, 0.25) is 0 Å². The minimum Gasteiger partial charge on any atom is -0.328 e. The van der Waals surface area contributed by atoms with Gasteiger partial charge in [0, 0.05) is 0 Å². The first kappa shape index (κ1) is 34.0. The molecule has 0 radical (unpaired) electrons. The van der Waals surface area contributed by atoms with Crippen molar-refractivity contribution >= 4 is 0 Å². The molecule has 0 saturated heterocycles. The van der Waals surface area contributed by atoms with Gasteiger partial charge in [0.15, 0.2) is 0 Å². The Morgan fingerprint density at radius 3 is 0.647 bits per heavy atom. The Labute approximate surface area is 218 Å². The molecule has 0 aliphatic heterocycles. The Hall–Kier alpha value is -0.0400. The summed E-state index contributed by atoms with van der Waals surface area (Å²) in [6.07, 6.45) is 39.5. The Bertz CT molecular complexity index is 362. The molecule has 0 aromatic heterocycles. The van der Waals surface area contributed by atoms with Gasteiger partial charge in [-0.3, -0.25) is 0 Å². The molecule has 0 heterocycles. The highest BCUT2D eigenvalue weighted by atomic mass is 15.3. The van der Waals surface area contributed by atoms with E-state index < -0.39 is 0 Å². The third-order valence-electron chi connectivity index (χ3n) is 7.98. The minimum atomic E-state index is 1.25. The Balaban J connectivity index is 3.26. The lowest BCUT2D eigenvalue weighted by Crippen LogP contribution is -2.41. The zero-order valence-electron chi connectivity index (χ0n) is 25.0. The summed E-state index contributed by atoms with van der Waals surface area (Å²) in [5, 5.41) is 0. The maximum Gasteiger partial charge on any atom is 0.0782 e. The molecular formula is C33H70N+. The van der Waals surface area contributed by atoms with Crippen molar-refractivity contribution in [3.05, 3.63) is 0 Å². The predicted molar refractivity (Wildman–Crippen MR) is 158 cm³/mol. The molecule has 0 unspecified atom stereocenters. The number of hydrogen-bond acceptors (Lipinski definition) is 0. The van der Waals surface area contributed by atoms with Gasteiger partial charge in [-0.05, 0) is 25.7 Å². The summed E-state index contributed by atoms with van der Waals surface area (Å²) >= 11 is 0. The summed E-state index contributed by atoms with van der Waals surface area (Å²) in [5.74, 6) is 0. The number of rotatable bonds is 29. The van der Waals surface area contributed by atoms with E-state index in [9.17, 15) is 0 Å². The molecule has 206 valence electrons. The second-order valence-electron chi connectivity index (χ2n) is 12.2. The third-order valence-corrected chi connectivity index (χ3v) is 7.98. The molecule has 0 aliphatic rings. The maximum absolute atomic E-state index is 2.46. The van der Waals surface area contributed by atoms with Crippen molar-refractivity contribution < 1.29 is 4.48 Å². The van der Waals surface area contributed by atoms with E-state index in [4.69, 9.17) is 0 Å². The molecule has 0 saturated carbocycles. The zero-order chi connectivity index (χ0) is 25.0. The highest BCUT2D eigenvalue weighted by Gasteiger charge is 2.13. The maximum atomic E-state index is 2.46. The smallest absolute Gasteiger partial charge is 0.0782 e. The van der Waals surface area contributed by atoms with E-state index in [0.717, 1.165) is 0 Å². The molecule has 0 amide bonds. The number of quaternary nitrogens is 1. The molecule has 1 nitrogen and oxygen atoms in total. The highest BCUT2D eigenvalue weighted by molar-refractivity contribution is 4.51. The molecule has 0 atom stereocenters. The summed E-state index contributed by atoms with van der Waals surface area (Å²) in [6.45, 7) is 7.38. The van der Waals surface area contributed by atoms with Gasteiger partial charge in [-0.25, -0.2) is 0 Å². The molecule has 0 bridgehead atoms. The second kappa shape index (κ2) is 27.5. The Morgan fingerprint density at radius 1 is 0.265 bits per heavy atom. The number of nitrogens with zero attached hydrogens (tertiary/aromatic N) is 1. The van der Waals surface area contributed by atoms with Crippen molar-refractivity contribution in [3.8, 4) is 0 Å². The molecule has 0 rings (SSSR count). The quantitative estimate of drug-likeness (QED) is 0.0737. The molecule has 0 fully saturated rings. The molecule has 0 N–H and O–H groups in total. The minimum absolute atomic E-state index is 1.25. The van der Waals surface area contributed by atoms with Gasteiger partial charge in [-0.15, -0.1) is 0 Å². The van der Waals surface area contributed by atoms with Crippen LogP contribution in [0.15, 0.2) is 0 Å². The summed E-state index contributed by atoms with van der Waals surface area (Å²) in [6, 6.07) is 0. The largest absolute Gasteiger partial charge is 0.328 e. The summed E-state index contributed by atoms with van der Waals surface area (Å²) in [7, 11) is 4.92. The summed E-state index contributed by atoms with van der Waals surface area (Å²) in [4.78, 5) is 0. The highest BCUT2D eigenvalue weighted by Crippen LogP contribution is 2.15. The average Bonchev–Trinajstić information content (AvgIpc) is 2.82. The van der Waals surface area contributed by atoms with Gasteiger partial charge in [0.1, 0.15) is 0 Å². The van der Waals surface area contributed by atoms with Crippen LogP contribution in [0.1, 0.15) is 187 Å². The van der Waals surface area contributed by atoms with Gasteiger partial charge in [-0.2, -0.15) is 0 Å². The molecule has 0 aromatic rings. The van der Waals surface area contributed by atoms with Crippen molar-refractivity contribution in [2.45, 2.75) is 187 Å². The van der Waals surface area contributed by atoms with E-state index in [2.05, 4.69) is 27.9 Å². The number of hydrogen-bond donors (Lipinski definition) is 0. The zero-order valence-corrected chi connectivity index (χ0v) is 25.0. The summed E-state index contributed by atoms with van der Waals surface area (Å²) < 4.78 is 1.25. The standard InChI is InChI=1S/C33H70N/c1-5-7-9-11-13-15-17-18-19-20-21-22-23-25-27-29-31-33-34(3,4)32-30-28-26-24-16-14-12-10-8-6-2/h5-33H2,1-4H3/q+1. The lowest BCUT2D eigenvalue weighted by atomic mass is 10.0. The van der Waals surface area contributed by atoms with Gasteiger partial charge in [0.05, 0.1) is 27.2 Å². The topological polar surface area (TPSA) is 0 Å². The van der Waals surface area contributed by atoms with Gasteiger partial charge in [0.25, 0.3) is 0 Å². The van der Waals surface area contributed by atoms with E-state index in [1.807, 2.05) is 0 Å². The van der Waals surface area contributed by atoms with E-state index in [1.54, 1.807) is 0 Å². The SMILES string of the molecule is CCCCCCCCCCCCCCCCCCC[N+](C)(C)CCCCCCCCCCCC. The van der Waals surface area contributed by atoms with Crippen molar-refractivity contribution in [1.82, 2.24) is 0 Å². The van der Waals surface area contributed by atoms with Crippen LogP contribution < -0.4 is 0 Å². The van der Waals surface area contributed by atoms with Gasteiger partial charge < -0.3 is 4.48 Å². The van der Waals surface area contributed by atoms with Crippen LogP contribution in [0.5, 0.6) is 0 Å².